The highest BCUT2D eigenvalue weighted by Gasteiger charge is 2.13. The van der Waals surface area contributed by atoms with Crippen molar-refractivity contribution in [2.75, 3.05) is 12.8 Å². The van der Waals surface area contributed by atoms with Gasteiger partial charge in [-0.15, -0.1) is 0 Å². The topological polar surface area (TPSA) is 84.9 Å². The summed E-state index contributed by atoms with van der Waals surface area (Å²) in [5, 5.41) is 7.95. The number of hydrogen-bond donors (Lipinski definition) is 2. The molecule has 0 saturated heterocycles. The number of aromatic nitrogens is 2. The summed E-state index contributed by atoms with van der Waals surface area (Å²) < 4.78 is 18.3. The zero-order valence-corrected chi connectivity index (χ0v) is 9.64. The Morgan fingerprint density at radius 1 is 1.33 bits per heavy atom. The molecule has 0 spiro atoms. The van der Waals surface area contributed by atoms with Crippen molar-refractivity contribution in [3.63, 3.8) is 0 Å². The highest BCUT2D eigenvalue weighted by atomic mass is 19.1. The minimum Gasteiger partial charge on any atom is -0.494 e. The molecule has 0 aliphatic rings. The third kappa shape index (κ3) is 2.13. The minimum absolute atomic E-state index is 0.0159. The van der Waals surface area contributed by atoms with Gasteiger partial charge < -0.3 is 10.5 Å². The van der Waals surface area contributed by atoms with Gasteiger partial charge in [-0.3, -0.25) is 5.41 Å². The molecule has 0 bridgehead atoms. The lowest BCUT2D eigenvalue weighted by atomic mass is 10.1. The summed E-state index contributed by atoms with van der Waals surface area (Å²) in [6, 6.07) is 4.22. The van der Waals surface area contributed by atoms with Crippen molar-refractivity contribution in [1.82, 2.24) is 9.97 Å². The zero-order valence-electron chi connectivity index (χ0n) is 9.64. The first kappa shape index (κ1) is 12.0. The molecule has 5 nitrogen and oxygen atoms in total. The van der Waals surface area contributed by atoms with Crippen molar-refractivity contribution in [1.29, 1.82) is 5.41 Å². The van der Waals surface area contributed by atoms with Gasteiger partial charge in [-0.05, 0) is 18.2 Å². The van der Waals surface area contributed by atoms with Gasteiger partial charge in [-0.25, -0.2) is 14.4 Å². The molecule has 18 heavy (non-hydrogen) atoms. The van der Waals surface area contributed by atoms with Gasteiger partial charge in [-0.2, -0.15) is 0 Å². The van der Waals surface area contributed by atoms with E-state index in [0.29, 0.717) is 5.56 Å². The van der Waals surface area contributed by atoms with Gasteiger partial charge in [0.15, 0.2) is 17.4 Å². The van der Waals surface area contributed by atoms with Gasteiger partial charge in [0, 0.05) is 18.0 Å². The average Bonchev–Trinajstić information content (AvgIpc) is 2.38. The molecule has 92 valence electrons. The molecule has 0 unspecified atom stereocenters. The van der Waals surface area contributed by atoms with Crippen molar-refractivity contribution in [3.8, 4) is 5.75 Å². The molecule has 0 amide bonds. The van der Waals surface area contributed by atoms with Crippen LogP contribution in [0.5, 0.6) is 5.75 Å². The summed E-state index contributed by atoms with van der Waals surface area (Å²) in [4.78, 5) is 7.80. The molecule has 6 heteroatoms. The minimum atomic E-state index is -0.540. The molecule has 2 aromatic rings. The number of nitrogen functional groups attached to an aromatic ring is 1. The number of nitrogens with zero attached hydrogens (tertiary/aromatic N) is 2. The summed E-state index contributed by atoms with van der Waals surface area (Å²) in [6.07, 6.45) is 2.86. The van der Waals surface area contributed by atoms with E-state index in [9.17, 15) is 4.39 Å². The first-order valence-electron chi connectivity index (χ1n) is 5.13. The maximum Gasteiger partial charge on any atom is 0.165 e. The predicted octanol–water partition coefficient (Wildman–Crippen LogP) is 1.62. The van der Waals surface area contributed by atoms with Crippen LogP contribution in [0, 0.1) is 11.2 Å². The van der Waals surface area contributed by atoms with E-state index in [1.807, 2.05) is 0 Å². The monoisotopic (exact) mass is 246 g/mol. The molecule has 2 rings (SSSR count). The fourth-order valence-corrected chi connectivity index (χ4v) is 1.50. The Hall–Kier alpha value is -2.50. The Bertz CT molecular complexity index is 600. The SMILES string of the molecule is COc1ccc(C(=N)c2nccnc2N)cc1F. The summed E-state index contributed by atoms with van der Waals surface area (Å²) in [7, 11) is 1.38. The molecule has 0 saturated carbocycles. The van der Waals surface area contributed by atoms with Crippen LogP contribution in [-0.4, -0.2) is 22.8 Å². The van der Waals surface area contributed by atoms with Crippen LogP contribution < -0.4 is 10.5 Å². The van der Waals surface area contributed by atoms with E-state index in [0.717, 1.165) is 0 Å². The number of anilines is 1. The molecule has 0 fully saturated rings. The molecule has 0 aliphatic heterocycles. The van der Waals surface area contributed by atoms with Gasteiger partial charge in [0.05, 0.1) is 12.8 Å². The van der Waals surface area contributed by atoms with Crippen LogP contribution in [0.25, 0.3) is 0 Å². The molecule has 0 aliphatic carbocycles. The lowest BCUT2D eigenvalue weighted by molar-refractivity contribution is 0.386. The van der Waals surface area contributed by atoms with Gasteiger partial charge >= 0.3 is 0 Å². The van der Waals surface area contributed by atoms with E-state index in [1.54, 1.807) is 6.07 Å². The number of nitrogens with two attached hydrogens (primary N) is 1. The number of ether oxygens (including phenoxy) is 1. The lowest BCUT2D eigenvalue weighted by Crippen LogP contribution is -2.09. The first-order chi connectivity index (χ1) is 8.63. The van der Waals surface area contributed by atoms with E-state index in [1.165, 1.54) is 31.6 Å². The molecule has 0 atom stereocenters. The second kappa shape index (κ2) is 4.79. The summed E-state index contributed by atoms with van der Waals surface area (Å²) in [5.74, 6) is -0.278. The molecule has 3 N–H and O–H groups in total. The zero-order chi connectivity index (χ0) is 13.1. The van der Waals surface area contributed by atoms with E-state index in [2.05, 4.69) is 9.97 Å². The molecular formula is C12H11FN4O. The van der Waals surface area contributed by atoms with Gasteiger partial charge in [0.1, 0.15) is 5.69 Å². The number of benzene rings is 1. The Labute approximate surface area is 103 Å². The van der Waals surface area contributed by atoms with Crippen LogP contribution in [0.15, 0.2) is 30.6 Å². The van der Waals surface area contributed by atoms with Gasteiger partial charge in [0.25, 0.3) is 0 Å². The van der Waals surface area contributed by atoms with Crippen molar-refractivity contribution in [3.05, 3.63) is 47.7 Å². The Morgan fingerprint density at radius 3 is 2.67 bits per heavy atom. The van der Waals surface area contributed by atoms with Crippen LogP contribution in [0.3, 0.4) is 0 Å². The lowest BCUT2D eigenvalue weighted by Gasteiger charge is -2.07. The maximum absolute atomic E-state index is 13.5. The number of methoxy groups -OCH3 is 1. The molecular weight excluding hydrogens is 235 g/mol. The Kier molecular flexibility index (Phi) is 3.18. The van der Waals surface area contributed by atoms with Gasteiger partial charge in [0.2, 0.25) is 0 Å². The normalized spacial score (nSPS) is 10.1. The predicted molar refractivity (Wildman–Crippen MR) is 65.3 cm³/mol. The molecule has 1 heterocycles. The molecule has 1 aromatic heterocycles. The summed E-state index contributed by atoms with van der Waals surface area (Å²) in [6.45, 7) is 0. The van der Waals surface area contributed by atoms with Crippen molar-refractivity contribution >= 4 is 11.5 Å². The number of nitrogens with one attached hydrogen (secondary N) is 1. The van der Waals surface area contributed by atoms with Crippen molar-refractivity contribution < 1.29 is 9.13 Å². The fourth-order valence-electron chi connectivity index (χ4n) is 1.50. The number of halogens is 1. The maximum atomic E-state index is 13.5. The van der Waals surface area contributed by atoms with E-state index in [4.69, 9.17) is 15.9 Å². The van der Waals surface area contributed by atoms with Crippen molar-refractivity contribution in [2.24, 2.45) is 0 Å². The van der Waals surface area contributed by atoms with E-state index >= 15 is 0 Å². The summed E-state index contributed by atoms with van der Waals surface area (Å²) in [5.41, 5.74) is 6.22. The molecule has 1 aromatic carbocycles. The Morgan fingerprint density at radius 2 is 2.06 bits per heavy atom. The smallest absolute Gasteiger partial charge is 0.165 e. The van der Waals surface area contributed by atoms with Crippen molar-refractivity contribution in [2.45, 2.75) is 0 Å². The number of rotatable bonds is 3. The number of hydrogen-bond acceptors (Lipinski definition) is 5. The van der Waals surface area contributed by atoms with E-state index < -0.39 is 5.82 Å². The quantitative estimate of drug-likeness (QED) is 0.806. The second-order valence-electron chi connectivity index (χ2n) is 3.51. The third-order valence-corrected chi connectivity index (χ3v) is 2.40. The standard InChI is InChI=1S/C12H11FN4O/c1-18-9-3-2-7(6-8(9)13)10(14)11-12(15)17-5-4-16-11/h2-6,14H,1H3,(H2,15,17). The third-order valence-electron chi connectivity index (χ3n) is 2.40. The van der Waals surface area contributed by atoms with Crippen LogP contribution in [-0.2, 0) is 0 Å². The highest BCUT2D eigenvalue weighted by molar-refractivity contribution is 6.12. The van der Waals surface area contributed by atoms with Crippen LogP contribution >= 0.6 is 0 Å². The van der Waals surface area contributed by atoms with Crippen LogP contribution in [0.4, 0.5) is 10.2 Å². The van der Waals surface area contributed by atoms with Gasteiger partial charge in [-0.1, -0.05) is 0 Å². The average molecular weight is 246 g/mol. The Balaban J connectivity index is 2.41. The fraction of sp³-hybridized carbons (Fsp3) is 0.0833. The largest absolute Gasteiger partial charge is 0.494 e. The highest BCUT2D eigenvalue weighted by Crippen LogP contribution is 2.20. The molecule has 0 radical (unpaired) electrons. The van der Waals surface area contributed by atoms with E-state index in [-0.39, 0.29) is 23.0 Å². The first-order valence-corrected chi connectivity index (χ1v) is 5.13. The second-order valence-corrected chi connectivity index (χ2v) is 3.51. The van der Waals surface area contributed by atoms with Crippen LogP contribution in [0.2, 0.25) is 0 Å². The summed E-state index contributed by atoms with van der Waals surface area (Å²) >= 11 is 0. The van der Waals surface area contributed by atoms with Crippen LogP contribution in [0.1, 0.15) is 11.3 Å².